The number of carbonyl (C=O) groups is 2. The van der Waals surface area contributed by atoms with E-state index in [4.69, 9.17) is 22.1 Å². The molecule has 140 valence electrons. The number of hydrogen-bond donors (Lipinski definition) is 2. The summed E-state index contributed by atoms with van der Waals surface area (Å²) >= 11 is 5.75. The lowest BCUT2D eigenvalue weighted by Crippen LogP contribution is -2.15. The standard InChI is InChI=1S/C18H16ClN3O5/c19-13-7-5-12(11-15(13)22(25)26)6-8-18(24)21-14-3-1-2-4-16(14)27-10-9-17(20)23/h1-8,11H,9-10H2,(H2,20,23)(H,21,24)/b8-6+. The summed E-state index contributed by atoms with van der Waals surface area (Å²) in [6.45, 7) is 0.0898. The molecule has 0 unspecified atom stereocenters. The predicted molar refractivity (Wildman–Crippen MR) is 102 cm³/mol. The maximum Gasteiger partial charge on any atom is 0.288 e. The minimum Gasteiger partial charge on any atom is -0.491 e. The van der Waals surface area contributed by atoms with Crippen LogP contribution >= 0.6 is 11.6 Å². The highest BCUT2D eigenvalue weighted by molar-refractivity contribution is 6.32. The number of nitrogens with one attached hydrogen (secondary N) is 1. The molecule has 27 heavy (non-hydrogen) atoms. The third kappa shape index (κ3) is 6.12. The van der Waals surface area contributed by atoms with Gasteiger partial charge in [-0.1, -0.05) is 29.8 Å². The second-order valence-corrected chi connectivity index (χ2v) is 5.76. The average molecular weight is 390 g/mol. The van der Waals surface area contributed by atoms with Crippen LogP contribution in [0.5, 0.6) is 5.75 Å². The first-order chi connectivity index (χ1) is 12.9. The minimum absolute atomic E-state index is 0.0173. The Kier molecular flexibility index (Phi) is 6.90. The highest BCUT2D eigenvalue weighted by Gasteiger charge is 2.12. The Morgan fingerprint density at radius 2 is 2.00 bits per heavy atom. The molecule has 9 heteroatoms. The second-order valence-electron chi connectivity index (χ2n) is 5.35. The molecule has 0 aliphatic carbocycles. The van der Waals surface area contributed by atoms with Crippen molar-refractivity contribution in [2.45, 2.75) is 6.42 Å². The quantitative estimate of drug-likeness (QED) is 0.407. The summed E-state index contributed by atoms with van der Waals surface area (Å²) < 4.78 is 5.44. The van der Waals surface area contributed by atoms with E-state index in [1.807, 2.05) is 0 Å². The minimum atomic E-state index is -0.598. The van der Waals surface area contributed by atoms with Crippen LogP contribution in [0.15, 0.2) is 48.5 Å². The first kappa shape index (κ1) is 19.9. The number of anilines is 1. The van der Waals surface area contributed by atoms with E-state index in [0.717, 1.165) is 0 Å². The first-order valence-electron chi connectivity index (χ1n) is 7.80. The Bertz CT molecular complexity index is 898. The van der Waals surface area contributed by atoms with Crippen molar-refractivity contribution in [3.05, 3.63) is 69.2 Å². The summed E-state index contributed by atoms with van der Waals surface area (Å²) in [6, 6.07) is 10.9. The molecule has 0 fully saturated rings. The van der Waals surface area contributed by atoms with Crippen molar-refractivity contribution >= 4 is 40.9 Å². The average Bonchev–Trinajstić information content (AvgIpc) is 2.62. The fourth-order valence-corrected chi connectivity index (χ4v) is 2.26. The van der Waals surface area contributed by atoms with E-state index in [2.05, 4.69) is 5.32 Å². The van der Waals surface area contributed by atoms with E-state index in [0.29, 0.717) is 17.0 Å². The van der Waals surface area contributed by atoms with E-state index < -0.39 is 16.7 Å². The van der Waals surface area contributed by atoms with E-state index in [9.17, 15) is 19.7 Å². The lowest BCUT2D eigenvalue weighted by molar-refractivity contribution is -0.384. The summed E-state index contributed by atoms with van der Waals surface area (Å²) in [5, 5.41) is 13.6. The van der Waals surface area contributed by atoms with Crippen LogP contribution in [0.1, 0.15) is 12.0 Å². The Balaban J connectivity index is 2.05. The number of halogens is 1. The molecule has 0 aliphatic heterocycles. The van der Waals surface area contributed by atoms with E-state index in [1.54, 1.807) is 30.3 Å². The van der Waals surface area contributed by atoms with Gasteiger partial charge in [-0.3, -0.25) is 19.7 Å². The third-order valence-electron chi connectivity index (χ3n) is 3.35. The molecule has 0 radical (unpaired) electrons. The fourth-order valence-electron chi connectivity index (χ4n) is 2.08. The van der Waals surface area contributed by atoms with Crippen LogP contribution in [-0.4, -0.2) is 23.3 Å². The smallest absolute Gasteiger partial charge is 0.288 e. The lowest BCUT2D eigenvalue weighted by Gasteiger charge is -2.10. The Morgan fingerprint density at radius 3 is 2.70 bits per heavy atom. The van der Waals surface area contributed by atoms with Crippen LogP contribution in [-0.2, 0) is 9.59 Å². The SMILES string of the molecule is NC(=O)CCOc1ccccc1NC(=O)/C=C/c1ccc(Cl)c([N+](=O)[O-])c1. The highest BCUT2D eigenvalue weighted by atomic mass is 35.5. The van der Waals surface area contributed by atoms with Gasteiger partial charge in [0.05, 0.1) is 23.6 Å². The largest absolute Gasteiger partial charge is 0.491 e. The first-order valence-corrected chi connectivity index (χ1v) is 8.18. The number of nitrogens with zero attached hydrogens (tertiary/aromatic N) is 1. The van der Waals surface area contributed by atoms with Crippen LogP contribution in [0.2, 0.25) is 5.02 Å². The molecule has 0 saturated heterocycles. The fraction of sp³-hybridized carbons (Fsp3) is 0.111. The van der Waals surface area contributed by atoms with Crippen LogP contribution in [0.3, 0.4) is 0 Å². The summed E-state index contributed by atoms with van der Waals surface area (Å²) in [5.74, 6) is -0.558. The van der Waals surface area contributed by atoms with Crippen LogP contribution < -0.4 is 15.8 Å². The number of primary amides is 1. The Morgan fingerprint density at radius 1 is 1.26 bits per heavy atom. The maximum absolute atomic E-state index is 12.1. The van der Waals surface area contributed by atoms with Crippen LogP contribution in [0.4, 0.5) is 11.4 Å². The molecule has 0 bridgehead atoms. The molecule has 8 nitrogen and oxygen atoms in total. The number of ether oxygens (including phenoxy) is 1. The van der Waals surface area contributed by atoms with Crippen molar-refractivity contribution in [2.24, 2.45) is 5.73 Å². The molecule has 0 spiro atoms. The number of carbonyl (C=O) groups excluding carboxylic acids is 2. The highest BCUT2D eigenvalue weighted by Crippen LogP contribution is 2.26. The third-order valence-corrected chi connectivity index (χ3v) is 3.66. The molecule has 2 rings (SSSR count). The van der Waals surface area contributed by atoms with Gasteiger partial charge < -0.3 is 15.8 Å². The zero-order chi connectivity index (χ0) is 19.8. The van der Waals surface area contributed by atoms with Gasteiger partial charge in [0, 0.05) is 12.1 Å². The molecule has 0 aliphatic rings. The zero-order valence-electron chi connectivity index (χ0n) is 14.1. The number of nitro groups is 1. The zero-order valence-corrected chi connectivity index (χ0v) is 14.8. The van der Waals surface area contributed by atoms with Crippen LogP contribution in [0, 0.1) is 10.1 Å². The number of nitrogens with two attached hydrogens (primary N) is 1. The lowest BCUT2D eigenvalue weighted by atomic mass is 10.2. The van der Waals surface area contributed by atoms with E-state index >= 15 is 0 Å². The molecule has 0 heterocycles. The number of nitro benzene ring substituents is 1. The molecular formula is C18H16ClN3O5. The molecule has 2 aromatic carbocycles. The van der Waals surface area contributed by atoms with Crippen molar-refractivity contribution in [1.82, 2.24) is 0 Å². The van der Waals surface area contributed by atoms with Gasteiger partial charge in [-0.05, 0) is 29.8 Å². The van der Waals surface area contributed by atoms with Crippen molar-refractivity contribution in [3.63, 3.8) is 0 Å². The van der Waals surface area contributed by atoms with Gasteiger partial charge in [-0.25, -0.2) is 0 Å². The van der Waals surface area contributed by atoms with Crippen LogP contribution in [0.25, 0.3) is 6.08 Å². The number of amides is 2. The molecule has 2 aromatic rings. The van der Waals surface area contributed by atoms with Gasteiger partial charge in [0.2, 0.25) is 11.8 Å². The number of rotatable bonds is 8. The molecule has 2 amide bonds. The van der Waals surface area contributed by atoms with Crippen molar-refractivity contribution in [2.75, 3.05) is 11.9 Å². The number of hydrogen-bond acceptors (Lipinski definition) is 5. The topological polar surface area (TPSA) is 125 Å². The van der Waals surface area contributed by atoms with Gasteiger partial charge >= 0.3 is 0 Å². The Hall–Kier alpha value is -3.39. The normalized spacial score (nSPS) is 10.6. The molecule has 0 saturated carbocycles. The van der Waals surface area contributed by atoms with Gasteiger partial charge in [-0.15, -0.1) is 0 Å². The van der Waals surface area contributed by atoms with Gasteiger partial charge in [0.25, 0.3) is 5.69 Å². The Labute approximate surface area is 159 Å². The van der Waals surface area contributed by atoms with Crippen molar-refractivity contribution < 1.29 is 19.2 Å². The van der Waals surface area contributed by atoms with Crippen molar-refractivity contribution in [1.29, 1.82) is 0 Å². The summed E-state index contributed by atoms with van der Waals surface area (Å²) in [4.78, 5) is 33.2. The van der Waals surface area contributed by atoms with E-state index in [1.165, 1.54) is 24.3 Å². The van der Waals surface area contributed by atoms with Gasteiger partial charge in [0.1, 0.15) is 10.8 Å². The summed E-state index contributed by atoms with van der Waals surface area (Å²) in [7, 11) is 0. The second kappa shape index (κ2) is 9.35. The van der Waals surface area contributed by atoms with Crippen molar-refractivity contribution in [3.8, 4) is 5.75 Å². The van der Waals surface area contributed by atoms with Gasteiger partial charge in [-0.2, -0.15) is 0 Å². The maximum atomic E-state index is 12.1. The number of benzene rings is 2. The molecule has 0 aromatic heterocycles. The summed E-state index contributed by atoms with van der Waals surface area (Å²) in [5.41, 5.74) is 5.68. The predicted octanol–water partition coefficient (Wildman–Crippen LogP) is 3.15. The van der Waals surface area contributed by atoms with E-state index in [-0.39, 0.29) is 23.7 Å². The number of para-hydroxylation sites is 2. The summed E-state index contributed by atoms with van der Waals surface area (Å²) in [6.07, 6.45) is 2.71. The molecular weight excluding hydrogens is 374 g/mol. The molecule has 0 atom stereocenters. The van der Waals surface area contributed by atoms with Gasteiger partial charge in [0.15, 0.2) is 0 Å². The monoisotopic (exact) mass is 389 g/mol. The molecule has 3 N–H and O–H groups in total.